The SMILES string of the molecule is O=C(NCC1CCCCC1)c1cccc(CBr)c1. The Labute approximate surface area is 117 Å². The maximum atomic E-state index is 12.0. The number of halogens is 1. The van der Waals surface area contributed by atoms with Crippen LogP contribution in [0, 0.1) is 5.92 Å². The van der Waals surface area contributed by atoms with Gasteiger partial charge in [-0.15, -0.1) is 0 Å². The summed E-state index contributed by atoms with van der Waals surface area (Å²) >= 11 is 3.41. The number of benzene rings is 1. The summed E-state index contributed by atoms with van der Waals surface area (Å²) in [5, 5.41) is 3.85. The van der Waals surface area contributed by atoms with Crippen LogP contribution in [0.25, 0.3) is 0 Å². The molecule has 3 heteroatoms. The van der Waals surface area contributed by atoms with Crippen LogP contribution >= 0.6 is 15.9 Å². The third kappa shape index (κ3) is 3.84. The second-order valence-electron chi connectivity index (χ2n) is 5.05. The van der Waals surface area contributed by atoms with Gasteiger partial charge in [-0.1, -0.05) is 47.3 Å². The molecule has 1 saturated carbocycles. The van der Waals surface area contributed by atoms with Crippen molar-refractivity contribution in [1.29, 1.82) is 0 Å². The molecule has 0 spiro atoms. The van der Waals surface area contributed by atoms with Crippen LogP contribution in [-0.2, 0) is 5.33 Å². The Bertz CT molecular complexity index is 399. The largest absolute Gasteiger partial charge is 0.352 e. The van der Waals surface area contributed by atoms with E-state index in [0.29, 0.717) is 5.92 Å². The first kappa shape index (κ1) is 13.6. The molecule has 18 heavy (non-hydrogen) atoms. The van der Waals surface area contributed by atoms with E-state index < -0.39 is 0 Å². The van der Waals surface area contributed by atoms with Crippen molar-refractivity contribution in [3.05, 3.63) is 35.4 Å². The van der Waals surface area contributed by atoms with E-state index in [1.54, 1.807) is 0 Å². The van der Waals surface area contributed by atoms with Gasteiger partial charge in [0.1, 0.15) is 0 Å². The summed E-state index contributed by atoms with van der Waals surface area (Å²) < 4.78 is 0. The van der Waals surface area contributed by atoms with Crippen LogP contribution < -0.4 is 5.32 Å². The van der Waals surface area contributed by atoms with Crippen molar-refractivity contribution < 1.29 is 4.79 Å². The van der Waals surface area contributed by atoms with Gasteiger partial charge in [0.25, 0.3) is 5.91 Å². The monoisotopic (exact) mass is 309 g/mol. The molecule has 2 nitrogen and oxygen atoms in total. The summed E-state index contributed by atoms with van der Waals surface area (Å²) in [6.45, 7) is 0.831. The summed E-state index contributed by atoms with van der Waals surface area (Å²) in [6.07, 6.45) is 6.53. The van der Waals surface area contributed by atoms with E-state index in [4.69, 9.17) is 0 Å². The molecule has 1 N–H and O–H groups in total. The first-order chi connectivity index (χ1) is 8.79. The zero-order valence-corrected chi connectivity index (χ0v) is 12.2. The minimum atomic E-state index is 0.0587. The van der Waals surface area contributed by atoms with Gasteiger partial charge in [-0.25, -0.2) is 0 Å². The van der Waals surface area contributed by atoms with Gasteiger partial charge < -0.3 is 5.32 Å². The van der Waals surface area contributed by atoms with Gasteiger partial charge in [0.05, 0.1) is 0 Å². The molecule has 1 aliphatic carbocycles. The third-order valence-corrected chi connectivity index (χ3v) is 4.27. The summed E-state index contributed by atoms with van der Waals surface area (Å²) in [6, 6.07) is 7.78. The number of rotatable bonds is 4. The van der Waals surface area contributed by atoms with E-state index in [0.717, 1.165) is 23.0 Å². The molecule has 0 heterocycles. The molecule has 98 valence electrons. The van der Waals surface area contributed by atoms with Crippen molar-refractivity contribution in [3.63, 3.8) is 0 Å². The van der Waals surface area contributed by atoms with Gasteiger partial charge in [0.15, 0.2) is 0 Å². The zero-order chi connectivity index (χ0) is 12.8. The van der Waals surface area contributed by atoms with Crippen molar-refractivity contribution >= 4 is 21.8 Å². The molecule has 0 unspecified atom stereocenters. The number of alkyl halides is 1. The minimum absolute atomic E-state index is 0.0587. The highest BCUT2D eigenvalue weighted by molar-refractivity contribution is 9.08. The molecule has 0 bridgehead atoms. The predicted molar refractivity (Wildman–Crippen MR) is 78.0 cm³/mol. The van der Waals surface area contributed by atoms with Crippen molar-refractivity contribution in [2.24, 2.45) is 5.92 Å². The highest BCUT2D eigenvalue weighted by Crippen LogP contribution is 2.22. The summed E-state index contributed by atoms with van der Waals surface area (Å²) in [4.78, 5) is 12.0. The van der Waals surface area contributed by atoms with Gasteiger partial charge in [0, 0.05) is 17.4 Å². The van der Waals surface area contributed by atoms with E-state index in [-0.39, 0.29) is 5.91 Å². The Kier molecular flexibility index (Phi) is 5.24. The van der Waals surface area contributed by atoms with E-state index in [9.17, 15) is 4.79 Å². The maximum Gasteiger partial charge on any atom is 0.251 e. The van der Waals surface area contributed by atoms with Gasteiger partial charge in [-0.2, -0.15) is 0 Å². The van der Waals surface area contributed by atoms with Gasteiger partial charge in [-0.3, -0.25) is 4.79 Å². The molecular weight excluding hydrogens is 290 g/mol. The summed E-state index contributed by atoms with van der Waals surface area (Å²) in [7, 11) is 0. The Morgan fingerprint density at radius 3 is 2.78 bits per heavy atom. The molecule has 1 aromatic carbocycles. The van der Waals surface area contributed by atoms with Crippen molar-refractivity contribution in [3.8, 4) is 0 Å². The molecule has 1 fully saturated rings. The standard InChI is InChI=1S/C15H20BrNO/c16-10-13-7-4-8-14(9-13)15(18)17-11-12-5-2-1-3-6-12/h4,7-9,12H,1-3,5-6,10-11H2,(H,17,18). The minimum Gasteiger partial charge on any atom is -0.352 e. The maximum absolute atomic E-state index is 12.0. The normalized spacial score (nSPS) is 16.5. The first-order valence-corrected chi connectivity index (χ1v) is 7.85. The van der Waals surface area contributed by atoms with Crippen LogP contribution in [0.1, 0.15) is 48.0 Å². The molecule has 1 amide bonds. The number of carbonyl (C=O) groups is 1. The average Bonchev–Trinajstić information content (AvgIpc) is 2.46. The van der Waals surface area contributed by atoms with Crippen LogP contribution in [-0.4, -0.2) is 12.5 Å². The first-order valence-electron chi connectivity index (χ1n) is 6.72. The molecule has 0 radical (unpaired) electrons. The Morgan fingerprint density at radius 2 is 2.06 bits per heavy atom. The van der Waals surface area contributed by atoms with Crippen LogP contribution in [0.3, 0.4) is 0 Å². The van der Waals surface area contributed by atoms with Crippen LogP contribution in [0.15, 0.2) is 24.3 Å². The molecule has 0 atom stereocenters. The van der Waals surface area contributed by atoms with Crippen molar-refractivity contribution in [2.45, 2.75) is 37.4 Å². The Hall–Kier alpha value is -0.830. The highest BCUT2D eigenvalue weighted by atomic mass is 79.9. The van der Waals surface area contributed by atoms with Crippen LogP contribution in [0.5, 0.6) is 0 Å². The molecule has 0 aliphatic heterocycles. The quantitative estimate of drug-likeness (QED) is 0.840. The lowest BCUT2D eigenvalue weighted by atomic mass is 9.89. The summed E-state index contributed by atoms with van der Waals surface area (Å²) in [5.74, 6) is 0.741. The number of amides is 1. The predicted octanol–water partition coefficient (Wildman–Crippen LogP) is 3.89. The lowest BCUT2D eigenvalue weighted by Gasteiger charge is -2.21. The lowest BCUT2D eigenvalue weighted by Crippen LogP contribution is -2.30. The molecular formula is C15H20BrNO. The second kappa shape index (κ2) is 6.93. The fourth-order valence-corrected chi connectivity index (χ4v) is 2.87. The molecule has 1 aliphatic rings. The average molecular weight is 310 g/mol. The van der Waals surface area contributed by atoms with Crippen molar-refractivity contribution in [2.75, 3.05) is 6.54 Å². The van der Waals surface area contributed by atoms with E-state index >= 15 is 0 Å². The fourth-order valence-electron chi connectivity index (χ4n) is 2.53. The molecule has 1 aromatic rings. The highest BCUT2D eigenvalue weighted by Gasteiger charge is 2.14. The number of hydrogen-bond acceptors (Lipinski definition) is 1. The van der Waals surface area contributed by atoms with Crippen molar-refractivity contribution in [1.82, 2.24) is 5.32 Å². The molecule has 0 saturated heterocycles. The van der Waals surface area contributed by atoms with Crippen LogP contribution in [0.4, 0.5) is 0 Å². The third-order valence-electron chi connectivity index (χ3n) is 3.62. The van der Waals surface area contributed by atoms with Gasteiger partial charge in [0.2, 0.25) is 0 Å². The Balaban J connectivity index is 1.86. The number of carbonyl (C=O) groups excluding carboxylic acids is 1. The molecule has 2 rings (SSSR count). The summed E-state index contributed by atoms with van der Waals surface area (Å²) in [5.41, 5.74) is 1.91. The molecule has 0 aromatic heterocycles. The lowest BCUT2D eigenvalue weighted by molar-refractivity contribution is 0.0943. The number of nitrogens with one attached hydrogen (secondary N) is 1. The topological polar surface area (TPSA) is 29.1 Å². The van der Waals surface area contributed by atoms with Crippen LogP contribution in [0.2, 0.25) is 0 Å². The van der Waals surface area contributed by atoms with E-state index in [1.807, 2.05) is 24.3 Å². The number of hydrogen-bond donors (Lipinski definition) is 1. The smallest absolute Gasteiger partial charge is 0.251 e. The second-order valence-corrected chi connectivity index (χ2v) is 5.61. The van der Waals surface area contributed by atoms with E-state index in [1.165, 1.54) is 32.1 Å². The fraction of sp³-hybridized carbons (Fsp3) is 0.533. The Morgan fingerprint density at radius 1 is 1.28 bits per heavy atom. The van der Waals surface area contributed by atoms with Gasteiger partial charge >= 0.3 is 0 Å². The van der Waals surface area contributed by atoms with E-state index in [2.05, 4.69) is 21.2 Å². The van der Waals surface area contributed by atoms with Gasteiger partial charge in [-0.05, 0) is 36.5 Å². The zero-order valence-electron chi connectivity index (χ0n) is 10.6.